The highest BCUT2D eigenvalue weighted by atomic mass is 32.3. The van der Waals surface area contributed by atoms with E-state index in [1.807, 2.05) is 0 Å². The van der Waals surface area contributed by atoms with Crippen LogP contribution >= 0.6 is 0 Å². The van der Waals surface area contributed by atoms with Gasteiger partial charge in [-0.15, -0.1) is 0 Å². The number of rotatable bonds is 1. The lowest BCUT2D eigenvalue weighted by Crippen LogP contribution is -2.58. The lowest BCUT2D eigenvalue weighted by Gasteiger charge is -2.37. The Morgan fingerprint density at radius 3 is 1.07 bits per heavy atom. The van der Waals surface area contributed by atoms with E-state index < -0.39 is 68.5 Å². The van der Waals surface area contributed by atoms with Crippen molar-refractivity contribution < 1.29 is 82.8 Å². The molecule has 5 atom stereocenters. The van der Waals surface area contributed by atoms with Crippen LogP contribution < -0.4 is 0 Å². The summed E-state index contributed by atoms with van der Waals surface area (Å²) in [4.78, 5) is 0. The quantitative estimate of drug-likeness (QED) is 0.158. The number of aliphatic hydroxyl groups excluding tert-OH is 5. The highest BCUT2D eigenvalue weighted by Crippen LogP contribution is 2.18. The number of hydrogen-bond donors (Lipinski definition) is 11. The fourth-order valence-corrected chi connectivity index (χ4v) is 1.08. The number of ether oxygens (including phenoxy) is 1. The van der Waals surface area contributed by atoms with Crippen LogP contribution in [0.2, 0.25) is 0 Å². The molecule has 0 aromatic rings. The van der Waals surface area contributed by atoms with Gasteiger partial charge in [0.05, 0.1) is 6.61 Å². The Morgan fingerprint density at radius 2 is 0.852 bits per heavy atom. The van der Waals surface area contributed by atoms with E-state index in [0.29, 0.717) is 0 Å². The molecule has 0 aromatic heterocycles. The molecule has 0 radical (unpaired) electrons. The van der Waals surface area contributed by atoms with Crippen LogP contribution in [0.1, 0.15) is 0 Å². The molecule has 1 rings (SSSR count). The molecule has 0 aliphatic carbocycles. The normalized spacial score (nSPS) is 28.3. The molecule has 168 valence electrons. The summed E-state index contributed by atoms with van der Waals surface area (Å²) in [5, 5.41) is 44.7. The predicted molar refractivity (Wildman–Crippen MR) is 78.5 cm³/mol. The lowest BCUT2D eigenvalue weighted by molar-refractivity contribution is -0.286. The lowest BCUT2D eigenvalue weighted by atomic mass is 10.00. The van der Waals surface area contributed by atoms with E-state index >= 15 is 0 Å². The maximum absolute atomic E-state index is 9.12. The van der Waals surface area contributed by atoms with Crippen LogP contribution in [0.25, 0.3) is 0 Å². The largest absolute Gasteiger partial charge is 0.394 e. The third-order valence-corrected chi connectivity index (χ3v) is 1.87. The van der Waals surface area contributed by atoms with Crippen LogP contribution in [0, 0.1) is 0 Å². The van der Waals surface area contributed by atoms with Crippen molar-refractivity contribution in [3.63, 3.8) is 0 Å². The molecule has 0 bridgehead atoms. The summed E-state index contributed by atoms with van der Waals surface area (Å²) in [6, 6.07) is 0. The average Bonchev–Trinajstić information content (AvgIpc) is 2.34. The molecule has 18 nitrogen and oxygen atoms in total. The van der Waals surface area contributed by atoms with Crippen LogP contribution in [-0.2, 0) is 35.9 Å². The minimum atomic E-state index is -4.67. The Kier molecular flexibility index (Phi) is 14.7. The van der Waals surface area contributed by atoms with Crippen molar-refractivity contribution >= 4 is 31.2 Å². The SMILES string of the molecule is O=S(=O)(O)O.O=S(=O)(O)O.O=S(=O)(O)O.OC[C@H]1O[C@@H](O)[C@H](O)[C@@H](O)[C@H]1O. The molecule has 0 unspecified atom stereocenters. The Bertz CT molecular complexity index is 593. The molecule has 1 aliphatic heterocycles. The zero-order chi connectivity index (χ0) is 22.8. The predicted octanol–water partition coefficient (Wildman–Crippen LogP) is -5.18. The summed E-state index contributed by atoms with van der Waals surface area (Å²) < 4.78 is 99.3. The summed E-state index contributed by atoms with van der Waals surface area (Å²) in [5.74, 6) is 0. The highest BCUT2D eigenvalue weighted by Gasteiger charge is 2.42. The Morgan fingerprint density at radius 1 is 0.593 bits per heavy atom. The second-order valence-electron chi connectivity index (χ2n) is 4.06. The zero-order valence-corrected chi connectivity index (χ0v) is 15.0. The molecule has 0 aromatic carbocycles. The fourth-order valence-electron chi connectivity index (χ4n) is 1.08. The van der Waals surface area contributed by atoms with Gasteiger partial charge in [-0.3, -0.25) is 27.3 Å². The van der Waals surface area contributed by atoms with Crippen LogP contribution in [0.15, 0.2) is 0 Å². The van der Waals surface area contributed by atoms with E-state index in [9.17, 15) is 0 Å². The van der Waals surface area contributed by atoms with Gasteiger partial charge in [0.25, 0.3) is 0 Å². The van der Waals surface area contributed by atoms with Gasteiger partial charge < -0.3 is 30.3 Å². The van der Waals surface area contributed by atoms with Gasteiger partial charge in [-0.05, 0) is 0 Å². The average molecular weight is 474 g/mol. The molecule has 1 saturated heterocycles. The molecule has 0 saturated carbocycles. The number of aliphatic hydroxyl groups is 5. The third-order valence-electron chi connectivity index (χ3n) is 1.87. The van der Waals surface area contributed by atoms with Gasteiger partial charge in [0.15, 0.2) is 6.29 Å². The smallest absolute Gasteiger partial charge is 0.394 e. The third kappa shape index (κ3) is 30.3. The van der Waals surface area contributed by atoms with Crippen molar-refractivity contribution in [2.75, 3.05) is 6.61 Å². The van der Waals surface area contributed by atoms with Crippen molar-refractivity contribution in [2.45, 2.75) is 30.7 Å². The van der Waals surface area contributed by atoms with Gasteiger partial charge in [0, 0.05) is 0 Å². The molecule has 11 N–H and O–H groups in total. The van der Waals surface area contributed by atoms with Gasteiger partial charge in [-0.1, -0.05) is 0 Å². The first-order valence-corrected chi connectivity index (χ1v) is 9.85. The van der Waals surface area contributed by atoms with Crippen LogP contribution in [0.5, 0.6) is 0 Å². The summed E-state index contributed by atoms with van der Waals surface area (Å²) in [6.45, 7) is -0.526. The van der Waals surface area contributed by atoms with E-state index in [4.69, 9.17) is 78.1 Å². The van der Waals surface area contributed by atoms with Gasteiger partial charge in [-0.2, -0.15) is 25.3 Å². The van der Waals surface area contributed by atoms with E-state index in [1.54, 1.807) is 0 Å². The van der Waals surface area contributed by atoms with E-state index in [0.717, 1.165) is 0 Å². The monoisotopic (exact) mass is 474 g/mol. The topological polar surface area (TPSA) is 334 Å². The first-order valence-electron chi connectivity index (χ1n) is 5.66. The van der Waals surface area contributed by atoms with Crippen molar-refractivity contribution in [3.8, 4) is 0 Å². The highest BCUT2D eigenvalue weighted by molar-refractivity contribution is 7.80. The van der Waals surface area contributed by atoms with E-state index in [2.05, 4.69) is 4.74 Å². The Balaban J connectivity index is -0.000000323. The maximum atomic E-state index is 9.12. The number of hydrogen-bond acceptors (Lipinski definition) is 12. The molecule has 27 heavy (non-hydrogen) atoms. The molecule has 21 heteroatoms. The summed E-state index contributed by atoms with van der Waals surface area (Å²) in [5.41, 5.74) is 0. The van der Waals surface area contributed by atoms with Gasteiger partial charge in [-0.25, -0.2) is 0 Å². The van der Waals surface area contributed by atoms with Crippen molar-refractivity contribution in [1.82, 2.24) is 0 Å². The first-order chi connectivity index (χ1) is 11.6. The van der Waals surface area contributed by atoms with E-state index in [-0.39, 0.29) is 0 Å². The van der Waals surface area contributed by atoms with E-state index in [1.165, 1.54) is 0 Å². The van der Waals surface area contributed by atoms with Gasteiger partial charge in [0.2, 0.25) is 0 Å². The molecule has 0 spiro atoms. The minimum Gasteiger partial charge on any atom is -0.394 e. The summed E-state index contributed by atoms with van der Waals surface area (Å²) in [7, 11) is -14.0. The van der Waals surface area contributed by atoms with Crippen LogP contribution in [0.4, 0.5) is 0 Å². The van der Waals surface area contributed by atoms with Gasteiger partial charge >= 0.3 is 31.2 Å². The molecular formula is C6H18O18S3. The van der Waals surface area contributed by atoms with Crippen molar-refractivity contribution in [3.05, 3.63) is 0 Å². The molecule has 1 aliphatic rings. The molecule has 0 amide bonds. The summed E-state index contributed by atoms with van der Waals surface area (Å²) >= 11 is 0. The second-order valence-corrected chi connectivity index (χ2v) is 6.75. The fraction of sp³-hybridized carbons (Fsp3) is 1.00. The first kappa shape index (κ1) is 31.1. The molecular weight excluding hydrogens is 456 g/mol. The summed E-state index contributed by atoms with van der Waals surface area (Å²) in [6.07, 6.45) is -7.04. The maximum Gasteiger partial charge on any atom is 0.394 e. The Labute approximate surface area is 152 Å². The standard InChI is InChI=1S/C6H12O6.3H2O4S/c7-1-2-3(8)4(9)5(10)6(11)12-2;3*1-5(2,3)4/h2-11H,1H2;3*(H2,1,2,3,4)/t2-,3+,4+,5-,6-;;;/m1.../s1. The van der Waals surface area contributed by atoms with Crippen LogP contribution in [0.3, 0.4) is 0 Å². The van der Waals surface area contributed by atoms with Crippen LogP contribution in [-0.4, -0.2) is 115 Å². The zero-order valence-electron chi connectivity index (χ0n) is 12.6. The van der Waals surface area contributed by atoms with Crippen molar-refractivity contribution in [1.29, 1.82) is 0 Å². The second kappa shape index (κ2) is 12.8. The Hall–Kier alpha value is -0.630. The van der Waals surface area contributed by atoms with Crippen molar-refractivity contribution in [2.24, 2.45) is 0 Å². The minimum absolute atomic E-state index is 0.526. The molecule has 1 fully saturated rings. The molecule has 1 heterocycles. The van der Waals surface area contributed by atoms with Gasteiger partial charge in [0.1, 0.15) is 24.4 Å².